The number of hydrogen-bond acceptors (Lipinski definition) is 3. The van der Waals surface area contributed by atoms with Crippen LogP contribution in [0.25, 0.3) is 0 Å². The molecule has 3 heteroatoms. The van der Waals surface area contributed by atoms with Crippen molar-refractivity contribution in [1.82, 2.24) is 0 Å². The smallest absolute Gasteiger partial charge is 0.174 e. The van der Waals surface area contributed by atoms with Gasteiger partial charge in [-0.1, -0.05) is 37.3 Å². The van der Waals surface area contributed by atoms with Crippen molar-refractivity contribution in [3.63, 3.8) is 0 Å². The van der Waals surface area contributed by atoms with Crippen LogP contribution in [0.5, 0.6) is 0 Å². The van der Waals surface area contributed by atoms with Crippen molar-refractivity contribution in [2.45, 2.75) is 83.2 Å². The van der Waals surface area contributed by atoms with Crippen LogP contribution in [0.1, 0.15) is 70.3 Å². The maximum Gasteiger partial charge on any atom is 0.174 e. The Balaban J connectivity index is 1.11. The number of ether oxygens (including phenoxy) is 3. The molecule has 7 atom stereocenters. The third-order valence-electron chi connectivity index (χ3n) is 10.0. The molecule has 1 saturated heterocycles. The molecule has 1 aromatic rings. The van der Waals surface area contributed by atoms with E-state index in [0.717, 1.165) is 55.8 Å². The molecule has 6 rings (SSSR count). The molecule has 4 saturated carbocycles. The maximum atomic E-state index is 6.37. The molecule has 1 aliphatic heterocycles. The molecular formula is C27H38O3. The maximum absolute atomic E-state index is 6.37. The Morgan fingerprint density at radius 3 is 2.50 bits per heavy atom. The summed E-state index contributed by atoms with van der Waals surface area (Å²) < 4.78 is 19.0. The van der Waals surface area contributed by atoms with Gasteiger partial charge in [0.25, 0.3) is 0 Å². The fourth-order valence-corrected chi connectivity index (χ4v) is 8.64. The molecule has 5 fully saturated rings. The van der Waals surface area contributed by atoms with Crippen LogP contribution in [0.3, 0.4) is 0 Å². The van der Waals surface area contributed by atoms with Crippen LogP contribution in [0.2, 0.25) is 0 Å². The largest absolute Gasteiger partial charge is 0.374 e. The summed E-state index contributed by atoms with van der Waals surface area (Å²) in [6.45, 7) is 4.88. The normalized spacial score (nSPS) is 44.4. The van der Waals surface area contributed by atoms with E-state index in [0.29, 0.717) is 6.10 Å². The Kier molecular flexibility index (Phi) is 5.01. The first-order chi connectivity index (χ1) is 14.7. The van der Waals surface area contributed by atoms with Crippen molar-refractivity contribution in [2.75, 3.05) is 13.2 Å². The van der Waals surface area contributed by atoms with E-state index >= 15 is 0 Å². The topological polar surface area (TPSA) is 27.7 Å². The molecule has 1 aromatic carbocycles. The van der Waals surface area contributed by atoms with E-state index in [4.69, 9.17) is 14.2 Å². The molecule has 164 valence electrons. The standard InChI is InChI=1S/C27H38O3/c1-26-13-11-23-22-10-8-21(28-18-19-5-3-2-4-6-19)17-20(22)7-9-24(23)25(26)12-14-27(26)29-15-16-30-27/h2-6,20-25H,7-18H2,1H3/t20-,21?,22+,23-,24-,25+,26+/m1/s1. The van der Waals surface area contributed by atoms with E-state index < -0.39 is 0 Å². The van der Waals surface area contributed by atoms with E-state index in [-0.39, 0.29) is 11.2 Å². The molecule has 0 radical (unpaired) electrons. The van der Waals surface area contributed by atoms with Gasteiger partial charge < -0.3 is 14.2 Å². The average Bonchev–Trinajstić information content (AvgIpc) is 3.38. The van der Waals surface area contributed by atoms with Crippen LogP contribution in [0.15, 0.2) is 30.3 Å². The van der Waals surface area contributed by atoms with Crippen molar-refractivity contribution < 1.29 is 14.2 Å². The first-order valence-corrected chi connectivity index (χ1v) is 12.6. The molecular weight excluding hydrogens is 372 g/mol. The van der Waals surface area contributed by atoms with Gasteiger partial charge in [-0.2, -0.15) is 0 Å². The zero-order chi connectivity index (χ0) is 20.2. The fourth-order valence-electron chi connectivity index (χ4n) is 8.64. The van der Waals surface area contributed by atoms with E-state index in [9.17, 15) is 0 Å². The summed E-state index contributed by atoms with van der Waals surface area (Å²) in [5.41, 5.74) is 1.55. The highest BCUT2D eigenvalue weighted by molar-refractivity contribution is 5.14. The molecule has 0 N–H and O–H groups in total. The lowest BCUT2D eigenvalue weighted by Gasteiger charge is -2.57. The van der Waals surface area contributed by atoms with Gasteiger partial charge >= 0.3 is 0 Å². The van der Waals surface area contributed by atoms with Crippen molar-refractivity contribution in [3.05, 3.63) is 35.9 Å². The molecule has 3 nitrogen and oxygen atoms in total. The molecule has 0 aromatic heterocycles. The van der Waals surface area contributed by atoms with Crippen molar-refractivity contribution >= 4 is 0 Å². The molecule has 4 aliphatic carbocycles. The Labute approximate surface area is 181 Å². The zero-order valence-corrected chi connectivity index (χ0v) is 18.6. The van der Waals surface area contributed by atoms with Gasteiger partial charge in [-0.05, 0) is 86.5 Å². The van der Waals surface area contributed by atoms with E-state index in [1.54, 1.807) is 0 Å². The summed E-state index contributed by atoms with van der Waals surface area (Å²) >= 11 is 0. The number of fused-ring (bicyclic) bond motifs is 6. The quantitative estimate of drug-likeness (QED) is 0.615. The van der Waals surface area contributed by atoms with Crippen LogP contribution >= 0.6 is 0 Å². The zero-order valence-electron chi connectivity index (χ0n) is 18.6. The molecule has 0 bridgehead atoms. The minimum Gasteiger partial charge on any atom is -0.374 e. The van der Waals surface area contributed by atoms with Gasteiger partial charge in [-0.3, -0.25) is 0 Å². The lowest BCUT2D eigenvalue weighted by molar-refractivity contribution is -0.243. The summed E-state index contributed by atoms with van der Waals surface area (Å²) in [6, 6.07) is 10.7. The summed E-state index contributed by atoms with van der Waals surface area (Å²) in [5, 5.41) is 0. The second-order valence-electron chi connectivity index (χ2n) is 11.1. The van der Waals surface area contributed by atoms with Gasteiger partial charge in [-0.15, -0.1) is 0 Å². The molecule has 1 heterocycles. The number of hydrogen-bond donors (Lipinski definition) is 0. The van der Waals surface area contributed by atoms with Gasteiger partial charge in [-0.25, -0.2) is 0 Å². The summed E-state index contributed by atoms with van der Waals surface area (Å²) in [6.07, 6.45) is 12.4. The van der Waals surface area contributed by atoms with Crippen LogP contribution in [0.4, 0.5) is 0 Å². The summed E-state index contributed by atoms with van der Waals surface area (Å²) in [4.78, 5) is 0. The molecule has 5 aliphatic rings. The lowest BCUT2D eigenvalue weighted by atomic mass is 9.50. The third-order valence-corrected chi connectivity index (χ3v) is 10.0. The average molecular weight is 411 g/mol. The van der Waals surface area contributed by atoms with Crippen molar-refractivity contribution in [2.24, 2.45) is 35.0 Å². The number of benzene rings is 1. The molecule has 30 heavy (non-hydrogen) atoms. The highest BCUT2D eigenvalue weighted by atomic mass is 16.7. The minimum atomic E-state index is -0.248. The van der Waals surface area contributed by atoms with Crippen LogP contribution in [-0.2, 0) is 20.8 Å². The first kappa shape index (κ1) is 19.8. The second-order valence-corrected chi connectivity index (χ2v) is 11.1. The van der Waals surface area contributed by atoms with Gasteiger partial charge in [0.05, 0.1) is 25.9 Å². The SMILES string of the molecule is C[C@]12CC[C@H]3[C@@H](CC[C@@H]4CC(OCc5ccccc5)CC[C@@H]43)[C@@H]1CCC21OCCO1. The Bertz CT molecular complexity index is 742. The second kappa shape index (κ2) is 7.60. The van der Waals surface area contributed by atoms with Gasteiger partial charge in [0.1, 0.15) is 0 Å². The monoisotopic (exact) mass is 410 g/mol. The predicted octanol–water partition coefficient (Wildman–Crippen LogP) is 5.97. The molecule has 1 unspecified atom stereocenters. The predicted molar refractivity (Wildman–Crippen MR) is 117 cm³/mol. The first-order valence-electron chi connectivity index (χ1n) is 12.6. The van der Waals surface area contributed by atoms with Gasteiger partial charge in [0, 0.05) is 11.8 Å². The Hall–Kier alpha value is -0.900. The van der Waals surface area contributed by atoms with E-state index in [1.807, 2.05) is 0 Å². The summed E-state index contributed by atoms with van der Waals surface area (Å²) in [7, 11) is 0. The van der Waals surface area contributed by atoms with Crippen molar-refractivity contribution in [1.29, 1.82) is 0 Å². The van der Waals surface area contributed by atoms with Crippen molar-refractivity contribution in [3.8, 4) is 0 Å². The molecule has 1 spiro atoms. The van der Waals surface area contributed by atoms with Crippen LogP contribution in [0, 0.1) is 35.0 Å². The lowest BCUT2D eigenvalue weighted by Crippen LogP contribution is -2.54. The Morgan fingerprint density at radius 1 is 0.867 bits per heavy atom. The van der Waals surface area contributed by atoms with Crippen LogP contribution < -0.4 is 0 Å². The van der Waals surface area contributed by atoms with Gasteiger partial charge in [0.2, 0.25) is 0 Å². The van der Waals surface area contributed by atoms with E-state index in [2.05, 4.69) is 37.3 Å². The van der Waals surface area contributed by atoms with Gasteiger partial charge in [0.15, 0.2) is 5.79 Å². The van der Waals surface area contributed by atoms with E-state index in [1.165, 1.54) is 56.9 Å². The fraction of sp³-hybridized carbons (Fsp3) is 0.778. The summed E-state index contributed by atoms with van der Waals surface area (Å²) in [5.74, 6) is 4.23. The molecule has 0 amide bonds. The Morgan fingerprint density at radius 2 is 1.67 bits per heavy atom. The highest BCUT2D eigenvalue weighted by Gasteiger charge is 2.65. The third kappa shape index (κ3) is 3.03. The van der Waals surface area contributed by atoms with Crippen LogP contribution in [-0.4, -0.2) is 25.1 Å². The number of rotatable bonds is 3. The highest BCUT2D eigenvalue weighted by Crippen LogP contribution is 2.67. The minimum absolute atomic E-state index is 0.244.